The van der Waals surface area contributed by atoms with Crippen molar-refractivity contribution in [3.63, 3.8) is 0 Å². The highest BCUT2D eigenvalue weighted by Crippen LogP contribution is 2.37. The number of nitrogens with zero attached hydrogens (tertiary/aromatic N) is 1. The summed E-state index contributed by atoms with van der Waals surface area (Å²) in [4.78, 5) is 39.0. The Kier molecular flexibility index (Phi) is 6.67. The van der Waals surface area contributed by atoms with Crippen LogP contribution in [0.5, 0.6) is 0 Å². The number of rotatable bonds is 6. The summed E-state index contributed by atoms with van der Waals surface area (Å²) in [5.41, 5.74) is 3.30. The summed E-state index contributed by atoms with van der Waals surface area (Å²) in [5.74, 6) is -1.22. The molecule has 2 aromatic carbocycles. The zero-order chi connectivity index (χ0) is 21.7. The van der Waals surface area contributed by atoms with Gasteiger partial charge >= 0.3 is 11.9 Å². The summed E-state index contributed by atoms with van der Waals surface area (Å²) in [7, 11) is 1.33. The number of carbonyl (C=O) groups is 3. The predicted octanol–water partition coefficient (Wildman–Crippen LogP) is 3.83. The van der Waals surface area contributed by atoms with E-state index in [4.69, 9.17) is 9.47 Å². The van der Waals surface area contributed by atoms with Crippen LogP contribution in [0, 0.1) is 0 Å². The van der Waals surface area contributed by atoms with Crippen LogP contribution in [0.25, 0.3) is 0 Å². The van der Waals surface area contributed by atoms with Crippen molar-refractivity contribution in [2.75, 3.05) is 13.7 Å². The minimum Gasteiger partial charge on any atom is -0.465 e. The predicted molar refractivity (Wildman–Crippen MR) is 111 cm³/mol. The zero-order valence-electron chi connectivity index (χ0n) is 17.4. The maximum absolute atomic E-state index is 13.0. The summed E-state index contributed by atoms with van der Waals surface area (Å²) >= 11 is 0. The van der Waals surface area contributed by atoms with E-state index in [-0.39, 0.29) is 24.9 Å². The minimum absolute atomic E-state index is 0.0635. The summed E-state index contributed by atoms with van der Waals surface area (Å²) in [6, 6.07) is 16.4. The highest BCUT2D eigenvalue weighted by atomic mass is 16.5. The number of methoxy groups -OCH3 is 1. The Morgan fingerprint density at radius 1 is 1.03 bits per heavy atom. The van der Waals surface area contributed by atoms with E-state index in [0.29, 0.717) is 23.4 Å². The molecular weight excluding hydrogens is 382 g/mol. The highest BCUT2D eigenvalue weighted by Gasteiger charge is 2.36. The van der Waals surface area contributed by atoms with E-state index in [0.717, 1.165) is 11.1 Å². The van der Waals surface area contributed by atoms with Crippen LogP contribution in [0.3, 0.4) is 0 Å². The number of ether oxygens (including phenoxy) is 2. The fourth-order valence-corrected chi connectivity index (χ4v) is 3.69. The molecule has 2 aromatic rings. The van der Waals surface area contributed by atoms with Crippen molar-refractivity contribution in [1.82, 2.24) is 4.90 Å². The van der Waals surface area contributed by atoms with Gasteiger partial charge in [0.1, 0.15) is 0 Å². The van der Waals surface area contributed by atoms with E-state index < -0.39 is 11.9 Å². The maximum Gasteiger partial charge on any atom is 0.337 e. The number of allylic oxidation sites excluding steroid dienone is 1. The Morgan fingerprint density at radius 2 is 1.70 bits per heavy atom. The molecule has 6 nitrogen and oxygen atoms in total. The van der Waals surface area contributed by atoms with Crippen molar-refractivity contribution in [2.24, 2.45) is 0 Å². The first-order valence-corrected chi connectivity index (χ1v) is 9.86. The molecule has 0 fully saturated rings. The molecule has 0 spiro atoms. The van der Waals surface area contributed by atoms with Crippen LogP contribution in [0.2, 0.25) is 0 Å². The van der Waals surface area contributed by atoms with E-state index in [9.17, 15) is 14.4 Å². The second kappa shape index (κ2) is 9.39. The van der Waals surface area contributed by atoms with E-state index in [2.05, 4.69) is 0 Å². The maximum atomic E-state index is 13.0. The van der Waals surface area contributed by atoms with Gasteiger partial charge in [0.15, 0.2) is 0 Å². The second-order valence-corrected chi connectivity index (χ2v) is 7.06. The largest absolute Gasteiger partial charge is 0.465 e. The monoisotopic (exact) mass is 407 g/mol. The van der Waals surface area contributed by atoms with Crippen LogP contribution in [0.15, 0.2) is 65.9 Å². The molecule has 1 aliphatic heterocycles. The summed E-state index contributed by atoms with van der Waals surface area (Å²) in [5, 5.41) is 0. The second-order valence-electron chi connectivity index (χ2n) is 7.06. The molecule has 1 atom stereocenters. The lowest BCUT2D eigenvalue weighted by atomic mass is 9.83. The Labute approximate surface area is 176 Å². The SMILES string of the molecule is CCOC(=O)C1=C(C)N(Cc2ccc(C(=O)OC)cc2)C(=O)C[C@@H]1c1ccccc1. The van der Waals surface area contributed by atoms with Crippen LogP contribution >= 0.6 is 0 Å². The van der Waals surface area contributed by atoms with Crippen LogP contribution in [-0.2, 0) is 25.6 Å². The van der Waals surface area contributed by atoms with E-state index in [1.807, 2.05) is 30.3 Å². The molecule has 0 saturated carbocycles. The molecule has 0 N–H and O–H groups in total. The molecule has 0 aromatic heterocycles. The molecule has 0 radical (unpaired) electrons. The van der Waals surface area contributed by atoms with Crippen molar-refractivity contribution in [1.29, 1.82) is 0 Å². The van der Waals surface area contributed by atoms with Crippen LogP contribution in [0.1, 0.15) is 47.7 Å². The first-order chi connectivity index (χ1) is 14.5. The Hall–Kier alpha value is -3.41. The van der Waals surface area contributed by atoms with Gasteiger partial charge in [0, 0.05) is 18.0 Å². The molecule has 1 aliphatic rings. The number of esters is 2. The molecular formula is C24H25NO5. The Bertz CT molecular complexity index is 963. The van der Waals surface area contributed by atoms with Gasteiger partial charge in [0.2, 0.25) is 5.91 Å². The third-order valence-corrected chi connectivity index (χ3v) is 5.24. The van der Waals surface area contributed by atoms with Gasteiger partial charge in [-0.15, -0.1) is 0 Å². The fourth-order valence-electron chi connectivity index (χ4n) is 3.69. The Morgan fingerprint density at radius 3 is 2.30 bits per heavy atom. The fraction of sp³-hybridized carbons (Fsp3) is 0.292. The molecule has 0 aliphatic carbocycles. The third-order valence-electron chi connectivity index (χ3n) is 5.24. The van der Waals surface area contributed by atoms with E-state index >= 15 is 0 Å². The van der Waals surface area contributed by atoms with Gasteiger partial charge in [-0.05, 0) is 37.1 Å². The van der Waals surface area contributed by atoms with Gasteiger partial charge in [0.25, 0.3) is 0 Å². The van der Waals surface area contributed by atoms with Crippen molar-refractivity contribution in [3.05, 3.63) is 82.6 Å². The van der Waals surface area contributed by atoms with Crippen molar-refractivity contribution in [2.45, 2.75) is 32.7 Å². The van der Waals surface area contributed by atoms with Crippen molar-refractivity contribution < 1.29 is 23.9 Å². The summed E-state index contributed by atoms with van der Waals surface area (Å²) < 4.78 is 10.0. The topological polar surface area (TPSA) is 72.9 Å². The normalized spacial score (nSPS) is 16.4. The molecule has 156 valence electrons. The standard InChI is InChI=1S/C24H25NO5/c1-4-30-24(28)22-16(2)25(15-17-10-12-19(13-11-17)23(27)29-3)21(26)14-20(22)18-8-6-5-7-9-18/h5-13,20H,4,14-15H2,1-3H3/t20-/m1/s1. The van der Waals surface area contributed by atoms with Gasteiger partial charge in [0.05, 0.1) is 31.4 Å². The van der Waals surface area contributed by atoms with Crippen LogP contribution in [-0.4, -0.2) is 36.5 Å². The first-order valence-electron chi connectivity index (χ1n) is 9.86. The van der Waals surface area contributed by atoms with Gasteiger partial charge in [-0.1, -0.05) is 42.5 Å². The van der Waals surface area contributed by atoms with E-state index in [1.165, 1.54) is 7.11 Å². The summed E-state index contributed by atoms with van der Waals surface area (Å²) in [6.07, 6.45) is 0.190. The molecule has 3 rings (SSSR count). The Balaban J connectivity index is 1.94. The molecule has 0 bridgehead atoms. The third kappa shape index (κ3) is 4.43. The van der Waals surface area contributed by atoms with Gasteiger partial charge in [-0.2, -0.15) is 0 Å². The smallest absolute Gasteiger partial charge is 0.337 e. The lowest BCUT2D eigenvalue weighted by molar-refractivity contribution is -0.140. The number of carbonyl (C=O) groups excluding carboxylic acids is 3. The zero-order valence-corrected chi connectivity index (χ0v) is 17.4. The van der Waals surface area contributed by atoms with Gasteiger partial charge in [-0.3, -0.25) is 4.79 Å². The lowest BCUT2D eigenvalue weighted by Crippen LogP contribution is -2.38. The minimum atomic E-state index is -0.415. The molecule has 1 heterocycles. The lowest BCUT2D eigenvalue weighted by Gasteiger charge is -2.34. The number of amides is 1. The number of benzene rings is 2. The van der Waals surface area contributed by atoms with Crippen molar-refractivity contribution >= 4 is 17.8 Å². The molecule has 30 heavy (non-hydrogen) atoms. The van der Waals surface area contributed by atoms with Gasteiger partial charge in [-0.25, -0.2) is 9.59 Å². The van der Waals surface area contributed by atoms with Crippen molar-refractivity contribution in [3.8, 4) is 0 Å². The van der Waals surface area contributed by atoms with Crippen LogP contribution in [0.4, 0.5) is 0 Å². The molecule has 0 saturated heterocycles. The molecule has 1 amide bonds. The quantitative estimate of drug-likeness (QED) is 0.681. The average molecular weight is 407 g/mol. The highest BCUT2D eigenvalue weighted by molar-refractivity contribution is 5.96. The number of hydrogen-bond acceptors (Lipinski definition) is 5. The average Bonchev–Trinajstić information content (AvgIpc) is 2.76. The molecule has 6 heteroatoms. The summed E-state index contributed by atoms with van der Waals surface area (Å²) in [6.45, 7) is 4.11. The first kappa shape index (κ1) is 21.3. The number of hydrogen-bond donors (Lipinski definition) is 0. The van der Waals surface area contributed by atoms with Crippen LogP contribution < -0.4 is 0 Å². The van der Waals surface area contributed by atoms with Gasteiger partial charge < -0.3 is 14.4 Å². The van der Waals surface area contributed by atoms with E-state index in [1.54, 1.807) is 43.0 Å². The molecule has 0 unspecified atom stereocenters.